The molecule has 2 aromatic rings. The first kappa shape index (κ1) is 15.0. The lowest BCUT2D eigenvalue weighted by atomic mass is 10.1. The van der Waals surface area contributed by atoms with Gasteiger partial charge in [0, 0.05) is 10.5 Å². The largest absolute Gasteiger partial charge is 0.478 e. The molecule has 0 fully saturated rings. The van der Waals surface area contributed by atoms with Gasteiger partial charge in [0.25, 0.3) is 5.69 Å². The number of aryl methyl sites for hydroxylation is 1. The number of nitro groups is 1. The van der Waals surface area contributed by atoms with Gasteiger partial charge in [-0.05, 0) is 46.6 Å². The fraction of sp³-hybridized carbons (Fsp3) is 0.0714. The van der Waals surface area contributed by atoms with E-state index in [-0.39, 0.29) is 16.9 Å². The van der Waals surface area contributed by atoms with Crippen LogP contribution in [-0.2, 0) is 0 Å². The van der Waals surface area contributed by atoms with Crippen molar-refractivity contribution in [2.45, 2.75) is 6.92 Å². The zero-order valence-corrected chi connectivity index (χ0v) is 12.5. The van der Waals surface area contributed by atoms with E-state index in [9.17, 15) is 20.0 Å². The maximum Gasteiger partial charge on any atom is 0.338 e. The number of hydrogen-bond acceptors (Lipinski definition) is 4. The van der Waals surface area contributed by atoms with E-state index >= 15 is 0 Å². The Hall–Kier alpha value is -2.41. The van der Waals surface area contributed by atoms with Crippen LogP contribution >= 0.6 is 15.9 Å². The molecule has 2 N–H and O–H groups in total. The second-order valence-corrected chi connectivity index (χ2v) is 5.22. The molecule has 0 saturated carbocycles. The molecule has 0 atom stereocenters. The minimum absolute atomic E-state index is 0.0405. The molecule has 0 bridgehead atoms. The van der Waals surface area contributed by atoms with Crippen molar-refractivity contribution in [2.75, 3.05) is 5.32 Å². The summed E-state index contributed by atoms with van der Waals surface area (Å²) in [6.07, 6.45) is 0. The molecule has 0 unspecified atom stereocenters. The van der Waals surface area contributed by atoms with Gasteiger partial charge in [-0.2, -0.15) is 0 Å². The van der Waals surface area contributed by atoms with E-state index in [1.165, 1.54) is 18.2 Å². The van der Waals surface area contributed by atoms with Crippen molar-refractivity contribution in [1.82, 2.24) is 0 Å². The zero-order valence-electron chi connectivity index (χ0n) is 11.0. The molecule has 108 valence electrons. The summed E-state index contributed by atoms with van der Waals surface area (Å²) in [4.78, 5) is 21.8. The van der Waals surface area contributed by atoms with E-state index in [0.717, 1.165) is 5.56 Å². The SMILES string of the molecule is Cc1ccc(Br)c(Nc2c(C(=O)O)cccc2[N+](=O)[O-])c1. The Bertz CT molecular complexity index is 699. The molecule has 0 amide bonds. The summed E-state index contributed by atoms with van der Waals surface area (Å²) in [7, 11) is 0. The van der Waals surface area contributed by atoms with Gasteiger partial charge in [-0.15, -0.1) is 0 Å². The van der Waals surface area contributed by atoms with Crippen LogP contribution < -0.4 is 5.32 Å². The Morgan fingerprint density at radius 2 is 2.05 bits per heavy atom. The van der Waals surface area contributed by atoms with Crippen molar-refractivity contribution in [3.05, 3.63) is 62.1 Å². The van der Waals surface area contributed by atoms with Gasteiger partial charge in [0.1, 0.15) is 5.69 Å². The first-order chi connectivity index (χ1) is 9.90. The highest BCUT2D eigenvalue weighted by Gasteiger charge is 2.22. The van der Waals surface area contributed by atoms with E-state index in [1.54, 1.807) is 12.1 Å². The maximum atomic E-state index is 11.3. The monoisotopic (exact) mass is 350 g/mol. The number of benzene rings is 2. The van der Waals surface area contributed by atoms with Gasteiger partial charge in [0.15, 0.2) is 0 Å². The normalized spacial score (nSPS) is 10.2. The van der Waals surface area contributed by atoms with Crippen LogP contribution in [0.4, 0.5) is 17.1 Å². The average molecular weight is 351 g/mol. The smallest absolute Gasteiger partial charge is 0.338 e. The van der Waals surface area contributed by atoms with Gasteiger partial charge in [-0.3, -0.25) is 10.1 Å². The number of nitrogens with one attached hydrogen (secondary N) is 1. The van der Waals surface area contributed by atoms with Crippen LogP contribution in [-0.4, -0.2) is 16.0 Å². The molecule has 2 aromatic carbocycles. The summed E-state index contributed by atoms with van der Waals surface area (Å²) >= 11 is 3.33. The summed E-state index contributed by atoms with van der Waals surface area (Å²) in [6, 6.07) is 9.35. The molecule has 0 aromatic heterocycles. The summed E-state index contributed by atoms with van der Waals surface area (Å²) in [5.74, 6) is -1.23. The number of hydrogen-bond donors (Lipinski definition) is 2. The molecule has 0 aliphatic rings. The third-order valence-corrected chi connectivity index (χ3v) is 3.54. The van der Waals surface area contributed by atoms with Crippen LogP contribution in [0.15, 0.2) is 40.9 Å². The maximum absolute atomic E-state index is 11.3. The number of carbonyl (C=O) groups is 1. The number of anilines is 2. The highest BCUT2D eigenvalue weighted by atomic mass is 79.9. The van der Waals surface area contributed by atoms with E-state index in [4.69, 9.17) is 0 Å². The van der Waals surface area contributed by atoms with Gasteiger partial charge in [-0.25, -0.2) is 4.79 Å². The third-order valence-electron chi connectivity index (χ3n) is 2.85. The van der Waals surface area contributed by atoms with Crippen LogP contribution in [0.2, 0.25) is 0 Å². The van der Waals surface area contributed by atoms with Crippen molar-refractivity contribution < 1.29 is 14.8 Å². The molecule has 0 aliphatic heterocycles. The molecule has 7 heteroatoms. The van der Waals surface area contributed by atoms with Crippen molar-refractivity contribution >= 4 is 39.0 Å². The molecule has 0 heterocycles. The predicted molar refractivity (Wildman–Crippen MR) is 82.2 cm³/mol. The molecule has 0 radical (unpaired) electrons. The second kappa shape index (κ2) is 5.92. The van der Waals surface area contributed by atoms with E-state index in [0.29, 0.717) is 10.2 Å². The molecule has 0 spiro atoms. The summed E-state index contributed by atoms with van der Waals surface area (Å²) in [6.45, 7) is 1.87. The number of nitrogens with zero attached hydrogens (tertiary/aromatic N) is 1. The summed E-state index contributed by atoms with van der Waals surface area (Å²) in [5.41, 5.74) is 1.02. The highest BCUT2D eigenvalue weighted by molar-refractivity contribution is 9.10. The number of carboxylic acid groups (broad SMARTS) is 1. The van der Waals surface area contributed by atoms with Crippen molar-refractivity contribution in [2.24, 2.45) is 0 Å². The van der Waals surface area contributed by atoms with Gasteiger partial charge in [0.2, 0.25) is 0 Å². The molecule has 0 aliphatic carbocycles. The molecule has 0 saturated heterocycles. The van der Waals surface area contributed by atoms with Gasteiger partial charge < -0.3 is 10.4 Å². The molecule has 21 heavy (non-hydrogen) atoms. The van der Waals surface area contributed by atoms with Gasteiger partial charge in [0.05, 0.1) is 16.2 Å². The predicted octanol–water partition coefficient (Wildman–Crippen LogP) is 4.11. The Morgan fingerprint density at radius 1 is 1.33 bits per heavy atom. The van der Waals surface area contributed by atoms with Gasteiger partial charge >= 0.3 is 5.97 Å². The minimum Gasteiger partial charge on any atom is -0.478 e. The van der Waals surface area contributed by atoms with Crippen molar-refractivity contribution in [3.8, 4) is 0 Å². The Balaban J connectivity index is 2.59. The van der Waals surface area contributed by atoms with Crippen molar-refractivity contribution in [3.63, 3.8) is 0 Å². The van der Waals surface area contributed by atoms with E-state index in [1.807, 2.05) is 13.0 Å². The lowest BCUT2D eigenvalue weighted by Crippen LogP contribution is -2.06. The van der Waals surface area contributed by atoms with Crippen molar-refractivity contribution in [1.29, 1.82) is 0 Å². The summed E-state index contributed by atoms with van der Waals surface area (Å²) in [5, 5.41) is 23.1. The van der Waals surface area contributed by atoms with Gasteiger partial charge in [-0.1, -0.05) is 12.1 Å². The number of carboxylic acids is 1. The highest BCUT2D eigenvalue weighted by Crippen LogP contribution is 2.34. The number of aromatic carboxylic acids is 1. The van der Waals surface area contributed by atoms with Crippen LogP contribution in [0.25, 0.3) is 0 Å². The molecular weight excluding hydrogens is 340 g/mol. The second-order valence-electron chi connectivity index (χ2n) is 4.37. The van der Waals surface area contributed by atoms with E-state index in [2.05, 4.69) is 21.2 Å². The Morgan fingerprint density at radius 3 is 2.67 bits per heavy atom. The first-order valence-electron chi connectivity index (χ1n) is 5.94. The Kier molecular flexibility index (Phi) is 4.23. The Labute approximate surface area is 128 Å². The summed E-state index contributed by atoms with van der Waals surface area (Å²) < 4.78 is 0.683. The number of halogens is 1. The minimum atomic E-state index is -1.23. The first-order valence-corrected chi connectivity index (χ1v) is 6.73. The standard InChI is InChI=1S/C14H11BrN2O4/c1-8-5-6-10(15)11(7-8)16-13-9(14(18)19)3-2-4-12(13)17(20)21/h2-7,16H,1H3,(H,18,19). The van der Waals surface area contributed by atoms with Crippen LogP contribution in [0.3, 0.4) is 0 Å². The number of para-hydroxylation sites is 1. The quantitative estimate of drug-likeness (QED) is 0.639. The fourth-order valence-corrected chi connectivity index (χ4v) is 2.22. The zero-order chi connectivity index (χ0) is 15.6. The fourth-order valence-electron chi connectivity index (χ4n) is 1.87. The lowest BCUT2D eigenvalue weighted by Gasteiger charge is -2.12. The van der Waals surface area contributed by atoms with Crippen LogP contribution in [0, 0.1) is 17.0 Å². The van der Waals surface area contributed by atoms with Crippen LogP contribution in [0.1, 0.15) is 15.9 Å². The third kappa shape index (κ3) is 3.19. The van der Waals surface area contributed by atoms with Crippen LogP contribution in [0.5, 0.6) is 0 Å². The topological polar surface area (TPSA) is 92.5 Å². The average Bonchev–Trinajstić information content (AvgIpc) is 2.42. The lowest BCUT2D eigenvalue weighted by molar-refractivity contribution is -0.383. The molecule has 6 nitrogen and oxygen atoms in total. The molecule has 2 rings (SSSR count). The molecular formula is C14H11BrN2O4. The number of rotatable bonds is 4. The van der Waals surface area contributed by atoms with E-state index < -0.39 is 10.9 Å². The number of nitro benzene ring substituents is 1.